The maximum absolute atomic E-state index is 4.50. The zero-order valence-corrected chi connectivity index (χ0v) is 10.4. The van der Waals surface area contributed by atoms with E-state index in [4.69, 9.17) is 0 Å². The Morgan fingerprint density at radius 2 is 1.82 bits per heavy atom. The van der Waals surface area contributed by atoms with Crippen LogP contribution in [0, 0.1) is 17.8 Å². The Labute approximate surface area is 103 Å². The van der Waals surface area contributed by atoms with Crippen molar-refractivity contribution < 1.29 is 0 Å². The van der Waals surface area contributed by atoms with Crippen molar-refractivity contribution in [2.24, 2.45) is 17.8 Å². The average Bonchev–Trinajstić information content (AvgIpc) is 3.22. The molecule has 2 fully saturated rings. The Hall–Kier alpha value is -1.25. The molecule has 1 aromatic heterocycles. The number of hydrogen-bond acceptors (Lipinski definition) is 3. The smallest absolute Gasteiger partial charge is 0.128 e. The van der Waals surface area contributed by atoms with Crippen molar-refractivity contribution in [1.82, 2.24) is 4.98 Å². The standard InChI is InChI=1S/C14H21N3/c1-15-13-3-2-4-14(17-13)16-9-12(10-5-6-10)11-7-8-11/h2-4,10-12H,5-9H2,1H3,(H2,15,16,17). The number of nitrogens with one attached hydrogen (secondary N) is 2. The van der Waals surface area contributed by atoms with Crippen molar-refractivity contribution in [3.05, 3.63) is 18.2 Å². The van der Waals surface area contributed by atoms with Gasteiger partial charge in [-0.1, -0.05) is 6.07 Å². The van der Waals surface area contributed by atoms with Crippen molar-refractivity contribution in [2.45, 2.75) is 25.7 Å². The minimum absolute atomic E-state index is 0.898. The lowest BCUT2D eigenvalue weighted by Gasteiger charge is -2.16. The van der Waals surface area contributed by atoms with Gasteiger partial charge in [-0.25, -0.2) is 4.98 Å². The molecule has 2 aliphatic carbocycles. The van der Waals surface area contributed by atoms with Crippen molar-refractivity contribution in [1.29, 1.82) is 0 Å². The fourth-order valence-corrected chi connectivity index (χ4v) is 2.66. The lowest BCUT2D eigenvalue weighted by Crippen LogP contribution is -2.18. The van der Waals surface area contributed by atoms with Gasteiger partial charge in [-0.2, -0.15) is 0 Å². The van der Waals surface area contributed by atoms with Crippen LogP contribution in [0.25, 0.3) is 0 Å². The van der Waals surface area contributed by atoms with E-state index in [1.165, 1.54) is 25.7 Å². The molecule has 0 aliphatic heterocycles. The predicted molar refractivity (Wildman–Crippen MR) is 71.2 cm³/mol. The fourth-order valence-electron chi connectivity index (χ4n) is 2.66. The molecule has 0 unspecified atom stereocenters. The predicted octanol–water partition coefficient (Wildman–Crippen LogP) is 2.97. The summed E-state index contributed by atoms with van der Waals surface area (Å²) in [5.74, 6) is 4.84. The van der Waals surface area contributed by atoms with Crippen LogP contribution in [0.15, 0.2) is 18.2 Å². The van der Waals surface area contributed by atoms with E-state index in [1.54, 1.807) is 0 Å². The fraction of sp³-hybridized carbons (Fsp3) is 0.643. The van der Waals surface area contributed by atoms with Gasteiger partial charge in [0.15, 0.2) is 0 Å². The van der Waals surface area contributed by atoms with E-state index in [9.17, 15) is 0 Å². The Bertz CT molecular complexity index is 371. The van der Waals surface area contributed by atoms with Crippen LogP contribution in [0.3, 0.4) is 0 Å². The molecule has 3 nitrogen and oxygen atoms in total. The molecule has 0 amide bonds. The molecule has 0 saturated heterocycles. The summed E-state index contributed by atoms with van der Waals surface area (Å²) in [5, 5.41) is 6.59. The molecular formula is C14H21N3. The first-order chi connectivity index (χ1) is 8.36. The molecule has 2 saturated carbocycles. The molecule has 17 heavy (non-hydrogen) atoms. The molecule has 92 valence electrons. The number of rotatable bonds is 6. The molecule has 0 radical (unpaired) electrons. The summed E-state index contributed by atoms with van der Waals surface area (Å²) in [6.45, 7) is 1.11. The summed E-state index contributed by atoms with van der Waals surface area (Å²) < 4.78 is 0. The monoisotopic (exact) mass is 231 g/mol. The zero-order valence-electron chi connectivity index (χ0n) is 10.4. The third-order valence-electron chi connectivity index (χ3n) is 3.98. The van der Waals surface area contributed by atoms with E-state index < -0.39 is 0 Å². The number of pyridine rings is 1. The second-order valence-corrected chi connectivity index (χ2v) is 5.38. The highest BCUT2D eigenvalue weighted by atomic mass is 15.0. The van der Waals surface area contributed by atoms with Gasteiger partial charge >= 0.3 is 0 Å². The Morgan fingerprint density at radius 3 is 2.41 bits per heavy atom. The van der Waals surface area contributed by atoms with Gasteiger partial charge in [-0.15, -0.1) is 0 Å². The molecule has 0 atom stereocenters. The van der Waals surface area contributed by atoms with E-state index in [0.29, 0.717) is 0 Å². The van der Waals surface area contributed by atoms with Crippen LogP contribution in [0.2, 0.25) is 0 Å². The SMILES string of the molecule is CNc1cccc(NCC(C2CC2)C2CC2)n1. The van der Waals surface area contributed by atoms with Crippen LogP contribution < -0.4 is 10.6 Å². The third-order valence-corrected chi connectivity index (χ3v) is 3.98. The van der Waals surface area contributed by atoms with E-state index in [1.807, 2.05) is 19.2 Å². The summed E-state index contributed by atoms with van der Waals surface area (Å²) in [7, 11) is 1.91. The van der Waals surface area contributed by atoms with Crippen LogP contribution in [0.4, 0.5) is 11.6 Å². The first-order valence-electron chi connectivity index (χ1n) is 6.75. The highest BCUT2D eigenvalue weighted by molar-refractivity contribution is 5.44. The largest absolute Gasteiger partial charge is 0.373 e. The van der Waals surface area contributed by atoms with Gasteiger partial charge in [0.1, 0.15) is 11.6 Å². The highest BCUT2D eigenvalue weighted by Gasteiger charge is 2.40. The van der Waals surface area contributed by atoms with E-state index in [-0.39, 0.29) is 0 Å². The normalized spacial score (nSPS) is 19.4. The molecule has 2 N–H and O–H groups in total. The summed E-state index contributed by atoms with van der Waals surface area (Å²) in [5.41, 5.74) is 0. The van der Waals surface area contributed by atoms with Gasteiger partial charge < -0.3 is 10.6 Å². The minimum atomic E-state index is 0.898. The molecular weight excluding hydrogens is 210 g/mol. The number of nitrogens with zero attached hydrogens (tertiary/aromatic N) is 1. The van der Waals surface area contributed by atoms with Crippen LogP contribution >= 0.6 is 0 Å². The number of hydrogen-bond donors (Lipinski definition) is 2. The van der Waals surface area contributed by atoms with Gasteiger partial charge in [-0.3, -0.25) is 0 Å². The van der Waals surface area contributed by atoms with Crippen LogP contribution in [-0.2, 0) is 0 Å². The summed E-state index contributed by atoms with van der Waals surface area (Å²) in [6, 6.07) is 6.09. The van der Waals surface area contributed by atoms with Crippen molar-refractivity contribution in [3.63, 3.8) is 0 Å². The Kier molecular flexibility index (Phi) is 2.91. The van der Waals surface area contributed by atoms with Gasteiger partial charge in [0.25, 0.3) is 0 Å². The Balaban J connectivity index is 1.58. The zero-order chi connectivity index (χ0) is 11.7. The second-order valence-electron chi connectivity index (χ2n) is 5.38. The van der Waals surface area contributed by atoms with Crippen LogP contribution in [-0.4, -0.2) is 18.6 Å². The molecule has 1 aromatic rings. The molecule has 2 aliphatic rings. The summed E-state index contributed by atoms with van der Waals surface area (Å²) >= 11 is 0. The lowest BCUT2D eigenvalue weighted by molar-refractivity contribution is 0.428. The molecule has 0 spiro atoms. The van der Waals surface area contributed by atoms with Crippen molar-refractivity contribution in [2.75, 3.05) is 24.2 Å². The molecule has 0 aromatic carbocycles. The maximum atomic E-state index is 4.50. The van der Waals surface area contributed by atoms with Crippen LogP contribution in [0.5, 0.6) is 0 Å². The lowest BCUT2D eigenvalue weighted by atomic mass is 9.98. The Morgan fingerprint density at radius 1 is 1.18 bits per heavy atom. The maximum Gasteiger partial charge on any atom is 0.128 e. The van der Waals surface area contributed by atoms with Gasteiger partial charge in [0.05, 0.1) is 0 Å². The van der Waals surface area contributed by atoms with Gasteiger partial charge in [-0.05, 0) is 55.6 Å². The van der Waals surface area contributed by atoms with E-state index in [2.05, 4.69) is 21.7 Å². The van der Waals surface area contributed by atoms with Crippen molar-refractivity contribution in [3.8, 4) is 0 Å². The second kappa shape index (κ2) is 4.55. The van der Waals surface area contributed by atoms with Gasteiger partial charge in [0, 0.05) is 13.6 Å². The summed E-state index contributed by atoms with van der Waals surface area (Å²) in [6.07, 6.45) is 5.80. The molecule has 1 heterocycles. The molecule has 3 heteroatoms. The highest BCUT2D eigenvalue weighted by Crippen LogP contribution is 2.49. The number of anilines is 2. The van der Waals surface area contributed by atoms with Gasteiger partial charge in [0.2, 0.25) is 0 Å². The first-order valence-corrected chi connectivity index (χ1v) is 6.75. The average molecular weight is 231 g/mol. The van der Waals surface area contributed by atoms with E-state index >= 15 is 0 Å². The summed E-state index contributed by atoms with van der Waals surface area (Å²) in [4.78, 5) is 4.50. The molecule has 3 rings (SSSR count). The third kappa shape index (κ3) is 2.71. The minimum Gasteiger partial charge on any atom is -0.373 e. The van der Waals surface area contributed by atoms with E-state index in [0.717, 1.165) is 35.9 Å². The quantitative estimate of drug-likeness (QED) is 0.790. The molecule has 0 bridgehead atoms. The number of aromatic nitrogens is 1. The first kappa shape index (κ1) is 10.9. The van der Waals surface area contributed by atoms with Crippen LogP contribution in [0.1, 0.15) is 25.7 Å². The topological polar surface area (TPSA) is 37.0 Å². The van der Waals surface area contributed by atoms with Crippen molar-refractivity contribution >= 4 is 11.6 Å².